The average molecular weight is 409 g/mol. The molecule has 6 nitrogen and oxygen atoms in total. The molecule has 24 heavy (non-hydrogen) atoms. The number of hydrogen-bond acceptors (Lipinski definition) is 2. The van der Waals surface area contributed by atoms with Crippen molar-refractivity contribution in [3.8, 4) is 0 Å². The minimum absolute atomic E-state index is 0.519. The van der Waals surface area contributed by atoms with Crippen molar-refractivity contribution < 1.29 is 28.7 Å². The molecule has 0 aliphatic carbocycles. The molecule has 0 atom stereocenters. The third kappa shape index (κ3) is 43.4. The van der Waals surface area contributed by atoms with Crippen LogP contribution in [0, 0.1) is 0 Å². The van der Waals surface area contributed by atoms with Crippen LogP contribution in [0.15, 0.2) is 0 Å². The Morgan fingerprint density at radius 2 is 0.833 bits per heavy atom. The first-order valence-corrected chi connectivity index (χ1v) is 15.5. The van der Waals surface area contributed by atoms with Gasteiger partial charge in [-0.3, -0.25) is 9.13 Å². The van der Waals surface area contributed by atoms with Crippen molar-refractivity contribution in [3.05, 3.63) is 0 Å². The molecule has 0 aromatic carbocycles. The Morgan fingerprint density at radius 3 is 0.958 bits per heavy atom. The molecular formula is C15H40O6P3+. The van der Waals surface area contributed by atoms with Crippen LogP contribution in [0.4, 0.5) is 0 Å². The van der Waals surface area contributed by atoms with Gasteiger partial charge in [-0.2, -0.15) is 0 Å². The van der Waals surface area contributed by atoms with E-state index in [4.69, 9.17) is 19.6 Å². The smallest absolute Gasteiger partial charge is 0.322 e. The lowest BCUT2D eigenvalue weighted by atomic mass is 10.4. The molecule has 0 radical (unpaired) electrons. The molecule has 0 heterocycles. The van der Waals surface area contributed by atoms with Gasteiger partial charge in [0.1, 0.15) is 0 Å². The van der Waals surface area contributed by atoms with Gasteiger partial charge in [0.15, 0.2) is 0 Å². The second kappa shape index (κ2) is 15.9. The Hall–Kier alpha value is 0.730. The molecule has 0 fully saturated rings. The average Bonchev–Trinajstić information content (AvgIpc) is 2.37. The van der Waals surface area contributed by atoms with Crippen LogP contribution in [-0.2, 0) is 9.13 Å². The van der Waals surface area contributed by atoms with Crippen LogP contribution >= 0.6 is 22.5 Å². The Morgan fingerprint density at radius 1 is 0.667 bits per heavy atom. The molecule has 0 unspecified atom stereocenters. The highest BCUT2D eigenvalue weighted by atomic mass is 31.2. The van der Waals surface area contributed by atoms with Crippen molar-refractivity contribution in [1.29, 1.82) is 0 Å². The lowest BCUT2D eigenvalue weighted by Crippen LogP contribution is -2.07. The van der Waals surface area contributed by atoms with Gasteiger partial charge in [-0.1, -0.05) is 40.0 Å². The molecule has 0 spiro atoms. The van der Waals surface area contributed by atoms with E-state index in [0.717, 1.165) is 13.3 Å². The van der Waals surface area contributed by atoms with Crippen LogP contribution < -0.4 is 0 Å². The Balaban J connectivity index is -0.000000361. The standard InChI is InChI=1S/C13H30P.2CH5O3P/c1-5-8-11-14(4,12-9-6-2)13-10-7-3;2*1-5(2,3)4/h5-13H2,1-4H3;2*1H3,(H2,2,3,4)/q+1;;. The van der Waals surface area contributed by atoms with Crippen LogP contribution in [0.2, 0.25) is 0 Å². The normalized spacial score (nSPS) is 11.9. The van der Waals surface area contributed by atoms with E-state index in [0.29, 0.717) is 0 Å². The first-order chi connectivity index (χ1) is 10.7. The highest BCUT2D eigenvalue weighted by Gasteiger charge is 2.28. The number of rotatable bonds is 9. The molecule has 0 aliphatic heterocycles. The zero-order valence-corrected chi connectivity index (χ0v) is 19.0. The van der Waals surface area contributed by atoms with E-state index >= 15 is 0 Å². The van der Waals surface area contributed by atoms with Gasteiger partial charge in [-0.05, 0) is 19.3 Å². The zero-order valence-electron chi connectivity index (χ0n) is 16.3. The molecule has 0 aromatic rings. The summed E-state index contributed by atoms with van der Waals surface area (Å²) in [6.45, 7) is 11.3. The Labute approximate surface area is 149 Å². The van der Waals surface area contributed by atoms with Crippen molar-refractivity contribution in [1.82, 2.24) is 0 Å². The lowest BCUT2D eigenvalue weighted by Gasteiger charge is -2.22. The maximum absolute atomic E-state index is 9.33. The molecule has 0 aliphatic rings. The largest absolute Gasteiger partial charge is 0.325 e. The van der Waals surface area contributed by atoms with Crippen molar-refractivity contribution in [3.63, 3.8) is 0 Å². The number of hydrogen-bond donors (Lipinski definition) is 4. The summed E-state index contributed by atoms with van der Waals surface area (Å²) in [7, 11) is -7.80. The van der Waals surface area contributed by atoms with Crippen molar-refractivity contribution in [2.75, 3.05) is 38.5 Å². The minimum atomic E-state index is -3.64. The summed E-state index contributed by atoms with van der Waals surface area (Å²) in [5.74, 6) is 0. The predicted octanol–water partition coefficient (Wildman–Crippen LogP) is 4.62. The van der Waals surface area contributed by atoms with Crippen LogP contribution in [0.5, 0.6) is 0 Å². The van der Waals surface area contributed by atoms with E-state index in [1.165, 1.54) is 38.5 Å². The maximum Gasteiger partial charge on any atom is 0.322 e. The van der Waals surface area contributed by atoms with Gasteiger partial charge in [0.05, 0.1) is 18.5 Å². The molecular weight excluding hydrogens is 369 g/mol. The van der Waals surface area contributed by atoms with E-state index in [1.54, 1.807) is 18.5 Å². The molecule has 0 bridgehead atoms. The summed E-state index contributed by atoms with van der Waals surface area (Å²) in [6, 6.07) is 0. The first-order valence-electron chi connectivity index (χ1n) is 8.58. The molecule has 9 heteroatoms. The minimum Gasteiger partial charge on any atom is -0.325 e. The van der Waals surface area contributed by atoms with Crippen LogP contribution in [0.25, 0.3) is 0 Å². The first kappa shape index (κ1) is 29.5. The van der Waals surface area contributed by atoms with Crippen LogP contribution in [-0.4, -0.2) is 58.1 Å². The SMILES string of the molecule is CCCC[P+](C)(CCCC)CCCC.CP(=O)(O)O.CP(=O)(O)O. The summed E-state index contributed by atoms with van der Waals surface area (Å²) in [5, 5.41) is 0. The van der Waals surface area contributed by atoms with E-state index in [1.807, 2.05) is 0 Å². The van der Waals surface area contributed by atoms with E-state index in [9.17, 15) is 9.13 Å². The lowest BCUT2D eigenvalue weighted by molar-refractivity contribution is 0.379. The highest BCUT2D eigenvalue weighted by molar-refractivity contribution is 7.75. The summed E-state index contributed by atoms with van der Waals surface area (Å²) in [4.78, 5) is 30.5. The fraction of sp³-hybridized carbons (Fsp3) is 1.00. The molecule has 4 N–H and O–H groups in total. The summed E-state index contributed by atoms with van der Waals surface area (Å²) in [6.07, 6.45) is 13.2. The van der Waals surface area contributed by atoms with Gasteiger partial charge in [-0.25, -0.2) is 0 Å². The van der Waals surface area contributed by atoms with E-state index in [-0.39, 0.29) is 0 Å². The third-order valence-electron chi connectivity index (χ3n) is 3.15. The van der Waals surface area contributed by atoms with E-state index in [2.05, 4.69) is 27.4 Å². The monoisotopic (exact) mass is 409 g/mol. The van der Waals surface area contributed by atoms with Gasteiger partial charge in [-0.15, -0.1) is 0 Å². The molecule has 0 amide bonds. The van der Waals surface area contributed by atoms with Crippen molar-refractivity contribution in [2.24, 2.45) is 0 Å². The maximum atomic E-state index is 9.33. The van der Waals surface area contributed by atoms with Crippen LogP contribution in [0.3, 0.4) is 0 Å². The topological polar surface area (TPSA) is 115 Å². The van der Waals surface area contributed by atoms with Crippen molar-refractivity contribution in [2.45, 2.75) is 59.3 Å². The summed E-state index contributed by atoms with van der Waals surface area (Å²) >= 11 is 0. The quantitative estimate of drug-likeness (QED) is 0.413. The molecule has 150 valence electrons. The Bertz CT molecular complexity index is 306. The molecule has 0 rings (SSSR count). The summed E-state index contributed by atoms with van der Waals surface area (Å²) in [5.41, 5.74) is 0. The van der Waals surface area contributed by atoms with Gasteiger partial charge < -0.3 is 19.6 Å². The van der Waals surface area contributed by atoms with E-state index < -0.39 is 22.5 Å². The van der Waals surface area contributed by atoms with Gasteiger partial charge in [0.25, 0.3) is 0 Å². The fourth-order valence-corrected chi connectivity index (χ4v) is 5.86. The van der Waals surface area contributed by atoms with Crippen molar-refractivity contribution >= 4 is 22.5 Å². The molecule has 0 saturated heterocycles. The Kier molecular flexibility index (Phi) is 19.6. The predicted molar refractivity (Wildman–Crippen MR) is 108 cm³/mol. The van der Waals surface area contributed by atoms with Gasteiger partial charge in [0.2, 0.25) is 0 Å². The second-order valence-corrected chi connectivity index (χ2v) is 14.4. The van der Waals surface area contributed by atoms with Crippen LogP contribution in [0.1, 0.15) is 59.3 Å². The number of unbranched alkanes of at least 4 members (excludes halogenated alkanes) is 3. The third-order valence-corrected chi connectivity index (χ3v) is 7.34. The van der Waals surface area contributed by atoms with Gasteiger partial charge in [0, 0.05) is 27.3 Å². The zero-order chi connectivity index (χ0) is 19.9. The molecule has 0 saturated carbocycles. The highest BCUT2D eigenvalue weighted by Crippen LogP contribution is 2.57. The summed E-state index contributed by atoms with van der Waals surface area (Å²) < 4.78 is 18.7. The van der Waals surface area contributed by atoms with Gasteiger partial charge >= 0.3 is 15.2 Å². The molecule has 0 aromatic heterocycles. The second-order valence-electron chi connectivity index (χ2n) is 6.52. The fourth-order valence-electron chi connectivity index (χ4n) is 1.95.